The fourth-order valence-corrected chi connectivity index (χ4v) is 7.51. The van der Waals surface area contributed by atoms with Gasteiger partial charge in [-0.1, -0.05) is 20.8 Å². The number of Topliss-reactive ketones (excluding diaryl/α,β-unsaturated/α-hetero) is 1. The van der Waals surface area contributed by atoms with Crippen molar-refractivity contribution in [2.45, 2.75) is 83.1 Å². The molecule has 9 atom stereocenters. The van der Waals surface area contributed by atoms with Crippen LogP contribution in [0.2, 0.25) is 0 Å². The van der Waals surface area contributed by atoms with E-state index < -0.39 is 58.3 Å². The summed E-state index contributed by atoms with van der Waals surface area (Å²) >= 11 is 0. The van der Waals surface area contributed by atoms with Gasteiger partial charge in [0, 0.05) is 82.5 Å². The van der Waals surface area contributed by atoms with E-state index in [4.69, 9.17) is 14.2 Å². The molecule has 31 heavy (non-hydrogen) atoms. The summed E-state index contributed by atoms with van der Waals surface area (Å²) in [5, 5.41) is 34.8. The molecule has 4 aliphatic rings. The third-order valence-electron chi connectivity index (χ3n) is 9.34. The van der Waals surface area contributed by atoms with Gasteiger partial charge in [0.25, 0.3) is 0 Å². The molecule has 2 bridgehead atoms. The molecular formula is C23H36AcO7. The quantitative estimate of drug-likeness (QED) is 0.386. The molecule has 3 fully saturated rings. The van der Waals surface area contributed by atoms with E-state index in [0.29, 0.717) is 17.6 Å². The van der Waals surface area contributed by atoms with E-state index in [1.807, 2.05) is 34.6 Å². The van der Waals surface area contributed by atoms with Crippen LogP contribution >= 0.6 is 0 Å². The van der Waals surface area contributed by atoms with Crippen molar-refractivity contribution in [1.29, 1.82) is 0 Å². The summed E-state index contributed by atoms with van der Waals surface area (Å²) in [6, 6.07) is 0. The molecule has 0 aromatic carbocycles. The van der Waals surface area contributed by atoms with Gasteiger partial charge in [0.05, 0.1) is 35.9 Å². The Labute approximate surface area is 220 Å². The van der Waals surface area contributed by atoms with Crippen LogP contribution < -0.4 is 0 Å². The number of carbonyl (C=O) groups is 1. The van der Waals surface area contributed by atoms with Crippen LogP contribution in [0.4, 0.5) is 0 Å². The first-order valence-corrected chi connectivity index (χ1v) is 10.9. The third kappa shape index (κ3) is 3.05. The van der Waals surface area contributed by atoms with Crippen LogP contribution in [0.3, 0.4) is 0 Å². The fraction of sp³-hybridized carbons (Fsp3) is 0.870. The molecule has 8 unspecified atom stereocenters. The van der Waals surface area contributed by atoms with Crippen molar-refractivity contribution in [1.82, 2.24) is 0 Å². The summed E-state index contributed by atoms with van der Waals surface area (Å²) in [5.41, 5.74) is -3.24. The summed E-state index contributed by atoms with van der Waals surface area (Å²) in [4.78, 5) is 14.2. The van der Waals surface area contributed by atoms with Gasteiger partial charge in [-0.3, -0.25) is 4.79 Å². The molecule has 0 spiro atoms. The first-order valence-electron chi connectivity index (χ1n) is 10.9. The molecule has 3 N–H and O–H groups in total. The number of fused-ring (bicyclic) bond motifs is 5. The second-order valence-corrected chi connectivity index (χ2v) is 10.6. The number of hydrogen-bond acceptors (Lipinski definition) is 7. The van der Waals surface area contributed by atoms with Crippen LogP contribution in [0, 0.1) is 66.7 Å². The van der Waals surface area contributed by atoms with Crippen molar-refractivity contribution >= 4 is 5.78 Å². The molecule has 173 valence electrons. The molecule has 0 aromatic heterocycles. The summed E-state index contributed by atoms with van der Waals surface area (Å²) in [5.74, 6) is -1.30. The molecule has 4 rings (SSSR count). The van der Waals surface area contributed by atoms with Crippen molar-refractivity contribution in [3.05, 3.63) is 11.1 Å². The van der Waals surface area contributed by atoms with Crippen molar-refractivity contribution in [3.8, 4) is 0 Å². The van der Waals surface area contributed by atoms with Gasteiger partial charge < -0.3 is 29.5 Å². The molecule has 0 amide bonds. The summed E-state index contributed by atoms with van der Waals surface area (Å²) < 4.78 is 17.3. The summed E-state index contributed by atoms with van der Waals surface area (Å²) in [7, 11) is 3.05. The topological polar surface area (TPSA) is 105 Å². The van der Waals surface area contributed by atoms with Crippen molar-refractivity contribution < 1.29 is 78.4 Å². The Kier molecular flexibility index (Phi) is 6.84. The number of hydrogen-bond donors (Lipinski definition) is 3. The predicted octanol–water partition coefficient (Wildman–Crippen LogP) is 1.23. The number of aliphatic hydroxyl groups is 3. The zero-order valence-electron chi connectivity index (χ0n) is 19.6. The Bertz CT molecular complexity index is 797. The molecule has 8 heteroatoms. The van der Waals surface area contributed by atoms with Gasteiger partial charge in [-0.25, -0.2) is 0 Å². The van der Waals surface area contributed by atoms with Crippen LogP contribution in [0.1, 0.15) is 47.5 Å². The molecule has 1 radical (unpaired) electrons. The SMILES string of the molecule is COC1C(=O)[C@]2(C)C(OC)CC3OCC3(O)C2C(C)C2(O)CC(O)C(C)=C1C2(C)C.[Ac]. The van der Waals surface area contributed by atoms with Gasteiger partial charge in [0.2, 0.25) is 0 Å². The number of ether oxygens (including phenoxy) is 3. The monoisotopic (exact) mass is 651 g/mol. The first kappa shape index (κ1) is 26.2. The van der Waals surface area contributed by atoms with Crippen LogP contribution in [0.5, 0.6) is 0 Å². The number of rotatable bonds is 2. The smallest absolute Gasteiger partial charge is 0.174 e. The number of aliphatic hydroxyl groups excluding tert-OH is 1. The van der Waals surface area contributed by atoms with E-state index >= 15 is 0 Å². The molecule has 3 aliphatic carbocycles. The molecule has 7 nitrogen and oxygen atoms in total. The third-order valence-corrected chi connectivity index (χ3v) is 9.34. The van der Waals surface area contributed by atoms with E-state index in [9.17, 15) is 20.1 Å². The second kappa shape index (κ2) is 8.09. The van der Waals surface area contributed by atoms with Gasteiger partial charge in [0.1, 0.15) is 11.7 Å². The second-order valence-electron chi connectivity index (χ2n) is 10.6. The van der Waals surface area contributed by atoms with Gasteiger partial charge in [0.15, 0.2) is 5.78 Å². The van der Waals surface area contributed by atoms with Crippen LogP contribution in [-0.2, 0) is 19.0 Å². The van der Waals surface area contributed by atoms with Crippen molar-refractivity contribution in [2.24, 2.45) is 22.7 Å². The molecular weight excluding hydrogens is 615 g/mol. The van der Waals surface area contributed by atoms with Gasteiger partial charge in [-0.15, -0.1) is 0 Å². The van der Waals surface area contributed by atoms with E-state index in [1.165, 1.54) is 7.11 Å². The Balaban J connectivity index is 0.00000272. The standard InChI is InChI=1S/C23H36O7.Ac/c1-11-13(24)9-23(27)12(2)18-21(5,14(28-6)8-15-22(18,26)10-30-15)19(25)17(29-7)16(11)20(23,3)4;/h12-15,17-18,24,26-27H,8-10H2,1-7H3;/t12?,13?,14?,15?,17?,18?,21-,22?,23?;/m1./s1. The molecule has 1 heterocycles. The Morgan fingerprint density at radius 3 is 2.23 bits per heavy atom. The minimum absolute atomic E-state index is 0. The van der Waals surface area contributed by atoms with Crippen LogP contribution in [0.15, 0.2) is 11.1 Å². The number of methoxy groups -OCH3 is 2. The maximum Gasteiger partial charge on any atom is 0.174 e. The van der Waals surface area contributed by atoms with E-state index in [-0.39, 0.29) is 62.9 Å². The minimum atomic E-state index is -1.36. The summed E-state index contributed by atoms with van der Waals surface area (Å²) in [6.45, 7) is 9.47. The van der Waals surface area contributed by atoms with Crippen LogP contribution in [-0.4, -0.2) is 77.5 Å². The number of ketones is 1. The molecule has 1 aliphatic heterocycles. The molecule has 2 saturated carbocycles. The molecule has 0 aromatic rings. The van der Waals surface area contributed by atoms with Gasteiger partial charge in [-0.05, 0) is 30.9 Å². The Morgan fingerprint density at radius 2 is 1.74 bits per heavy atom. The average Bonchev–Trinajstić information content (AvgIpc) is 2.67. The maximum absolute atomic E-state index is 14.2. The zero-order chi connectivity index (χ0) is 22.4. The normalized spacial score (nSPS) is 51.0. The minimum Gasteiger partial charge on any atom is -0.389 e. The molecule has 1 saturated heterocycles. The van der Waals surface area contributed by atoms with E-state index in [0.717, 1.165) is 0 Å². The predicted molar refractivity (Wildman–Crippen MR) is 109 cm³/mol. The summed E-state index contributed by atoms with van der Waals surface area (Å²) in [6.07, 6.45) is -2.24. The average molecular weight is 652 g/mol. The van der Waals surface area contributed by atoms with Crippen molar-refractivity contribution in [3.63, 3.8) is 0 Å². The number of carbonyl (C=O) groups excluding carboxylic acids is 1. The maximum atomic E-state index is 14.2. The zero-order valence-corrected chi connectivity index (χ0v) is 24.4. The van der Waals surface area contributed by atoms with Gasteiger partial charge in [-0.2, -0.15) is 0 Å². The fourth-order valence-electron chi connectivity index (χ4n) is 7.51. The Hall–Kier alpha value is 0.612. The van der Waals surface area contributed by atoms with Gasteiger partial charge >= 0.3 is 0 Å². The van der Waals surface area contributed by atoms with Crippen LogP contribution in [0.25, 0.3) is 0 Å². The largest absolute Gasteiger partial charge is 0.389 e. The van der Waals surface area contributed by atoms with Crippen molar-refractivity contribution in [2.75, 3.05) is 20.8 Å². The first-order chi connectivity index (χ1) is 13.8. The Morgan fingerprint density at radius 1 is 1.13 bits per heavy atom. The van der Waals surface area contributed by atoms with E-state index in [2.05, 4.69) is 0 Å². The van der Waals surface area contributed by atoms with E-state index in [1.54, 1.807) is 7.11 Å².